The highest BCUT2D eigenvalue weighted by Crippen LogP contribution is 2.27. The maximum atomic E-state index is 12.5. The lowest BCUT2D eigenvalue weighted by Gasteiger charge is -2.10. The Morgan fingerprint density at radius 3 is 2.77 bits per heavy atom. The van der Waals surface area contributed by atoms with Crippen molar-refractivity contribution in [2.45, 2.75) is 16.2 Å². The van der Waals surface area contributed by atoms with Gasteiger partial charge >= 0.3 is 0 Å². The van der Waals surface area contributed by atoms with Gasteiger partial charge < -0.3 is 5.32 Å². The number of benzene rings is 2. The van der Waals surface area contributed by atoms with E-state index < -0.39 is 10.0 Å². The van der Waals surface area contributed by atoms with Gasteiger partial charge in [0.15, 0.2) is 0 Å². The summed E-state index contributed by atoms with van der Waals surface area (Å²) < 4.78 is 27.5. The maximum Gasteiger partial charge on any atom is 0.261 e. The van der Waals surface area contributed by atoms with Crippen molar-refractivity contribution in [3.05, 3.63) is 48.0 Å². The van der Waals surface area contributed by atoms with Crippen molar-refractivity contribution in [3.63, 3.8) is 0 Å². The van der Waals surface area contributed by atoms with Crippen molar-refractivity contribution in [3.8, 4) is 0 Å². The van der Waals surface area contributed by atoms with Crippen LogP contribution in [0.3, 0.4) is 0 Å². The van der Waals surface area contributed by atoms with Crippen molar-refractivity contribution in [1.29, 1.82) is 0 Å². The van der Waals surface area contributed by atoms with E-state index in [0.717, 1.165) is 4.90 Å². The summed E-state index contributed by atoms with van der Waals surface area (Å²) in [5.41, 5.74) is 1.89. The van der Waals surface area contributed by atoms with Gasteiger partial charge in [-0.25, -0.2) is 8.42 Å². The SMILES string of the molecule is CSc1cccc(NS(=O)(=O)c2ccc3c(c2)CC(=O)N3)c1. The van der Waals surface area contributed by atoms with E-state index >= 15 is 0 Å². The fourth-order valence-corrected chi connectivity index (χ4v) is 3.83. The molecule has 0 spiro atoms. The van der Waals surface area contributed by atoms with Gasteiger partial charge in [0.2, 0.25) is 5.91 Å². The van der Waals surface area contributed by atoms with Crippen molar-refractivity contribution in [2.24, 2.45) is 0 Å². The molecule has 0 unspecified atom stereocenters. The molecule has 2 aromatic carbocycles. The minimum atomic E-state index is -3.68. The number of fused-ring (bicyclic) bond motifs is 1. The van der Waals surface area contributed by atoms with Crippen molar-refractivity contribution in [2.75, 3.05) is 16.3 Å². The largest absolute Gasteiger partial charge is 0.326 e. The molecule has 22 heavy (non-hydrogen) atoms. The fourth-order valence-electron chi connectivity index (χ4n) is 2.27. The van der Waals surface area contributed by atoms with E-state index in [2.05, 4.69) is 10.0 Å². The quantitative estimate of drug-likeness (QED) is 0.843. The van der Waals surface area contributed by atoms with Crippen LogP contribution in [-0.2, 0) is 21.2 Å². The van der Waals surface area contributed by atoms with Gasteiger partial charge in [0, 0.05) is 16.3 Å². The number of carbonyl (C=O) groups excluding carboxylic acids is 1. The first-order valence-corrected chi connectivity index (χ1v) is 9.28. The highest BCUT2D eigenvalue weighted by atomic mass is 32.2. The molecule has 5 nitrogen and oxygen atoms in total. The topological polar surface area (TPSA) is 75.3 Å². The lowest BCUT2D eigenvalue weighted by atomic mass is 10.2. The first-order valence-electron chi connectivity index (χ1n) is 6.57. The Balaban J connectivity index is 1.90. The van der Waals surface area contributed by atoms with Gasteiger partial charge in [0.05, 0.1) is 11.3 Å². The Kier molecular flexibility index (Phi) is 3.84. The smallest absolute Gasteiger partial charge is 0.261 e. The summed E-state index contributed by atoms with van der Waals surface area (Å²) >= 11 is 1.54. The molecular weight excluding hydrogens is 320 g/mol. The normalized spacial score (nSPS) is 13.6. The molecule has 0 aromatic heterocycles. The first kappa shape index (κ1) is 14.9. The van der Waals surface area contributed by atoms with Gasteiger partial charge in [-0.1, -0.05) is 6.07 Å². The zero-order valence-electron chi connectivity index (χ0n) is 11.8. The molecule has 1 amide bonds. The molecule has 0 aliphatic carbocycles. The van der Waals surface area contributed by atoms with E-state index in [1.54, 1.807) is 36.0 Å². The van der Waals surface area contributed by atoms with Crippen LogP contribution in [0.25, 0.3) is 0 Å². The highest BCUT2D eigenvalue weighted by molar-refractivity contribution is 7.98. The van der Waals surface area contributed by atoms with Gasteiger partial charge in [0.1, 0.15) is 0 Å². The third kappa shape index (κ3) is 2.95. The van der Waals surface area contributed by atoms with Crippen LogP contribution in [0.2, 0.25) is 0 Å². The number of amides is 1. The summed E-state index contributed by atoms with van der Waals surface area (Å²) in [7, 11) is -3.68. The number of thioether (sulfide) groups is 1. The number of rotatable bonds is 4. The van der Waals surface area contributed by atoms with Crippen LogP contribution in [0, 0.1) is 0 Å². The number of hydrogen-bond donors (Lipinski definition) is 2. The number of anilines is 2. The van der Waals surface area contributed by atoms with Gasteiger partial charge in [-0.15, -0.1) is 11.8 Å². The third-order valence-electron chi connectivity index (χ3n) is 3.33. The zero-order valence-corrected chi connectivity index (χ0v) is 13.4. The second kappa shape index (κ2) is 5.66. The Morgan fingerprint density at radius 2 is 2.00 bits per heavy atom. The van der Waals surface area contributed by atoms with Crippen LogP contribution >= 0.6 is 11.8 Å². The Hall–Kier alpha value is -1.99. The summed E-state index contributed by atoms with van der Waals surface area (Å²) in [4.78, 5) is 12.5. The number of sulfonamides is 1. The maximum absolute atomic E-state index is 12.5. The molecule has 0 fully saturated rings. The number of hydrogen-bond acceptors (Lipinski definition) is 4. The average Bonchev–Trinajstić information content (AvgIpc) is 2.86. The molecule has 0 bridgehead atoms. The average molecular weight is 334 g/mol. The third-order valence-corrected chi connectivity index (χ3v) is 5.44. The van der Waals surface area contributed by atoms with E-state index in [0.29, 0.717) is 16.9 Å². The summed E-state index contributed by atoms with van der Waals surface area (Å²) in [6, 6.07) is 11.8. The second-order valence-electron chi connectivity index (χ2n) is 4.88. The molecule has 0 atom stereocenters. The fraction of sp³-hybridized carbons (Fsp3) is 0.133. The summed E-state index contributed by atoms with van der Waals surface area (Å²) in [6.45, 7) is 0. The molecule has 2 N–H and O–H groups in total. The molecule has 114 valence electrons. The number of nitrogens with one attached hydrogen (secondary N) is 2. The Morgan fingerprint density at radius 1 is 1.18 bits per heavy atom. The summed E-state index contributed by atoms with van der Waals surface area (Å²) in [6.07, 6.45) is 2.14. The van der Waals surface area contributed by atoms with Gasteiger partial charge in [-0.05, 0) is 48.2 Å². The Labute approximate surface area is 133 Å². The molecular formula is C15H14N2O3S2. The van der Waals surface area contributed by atoms with Crippen LogP contribution in [0.1, 0.15) is 5.56 Å². The summed E-state index contributed by atoms with van der Waals surface area (Å²) in [5.74, 6) is -0.120. The minimum absolute atomic E-state index is 0.120. The predicted molar refractivity (Wildman–Crippen MR) is 87.8 cm³/mol. The molecule has 1 aliphatic heterocycles. The molecule has 0 saturated carbocycles. The zero-order chi connectivity index (χ0) is 15.7. The van der Waals surface area contributed by atoms with E-state index in [1.807, 2.05) is 12.3 Å². The standard InChI is InChI=1S/C15H14N2O3S2/c1-21-12-4-2-3-11(9-12)17-22(19,20)13-5-6-14-10(7-13)8-15(18)16-14/h2-7,9,17H,8H2,1H3,(H,16,18). The molecule has 1 aliphatic rings. The molecule has 2 aromatic rings. The van der Waals surface area contributed by atoms with Crippen LogP contribution in [0.15, 0.2) is 52.3 Å². The van der Waals surface area contributed by atoms with Gasteiger partial charge in [0.25, 0.3) is 10.0 Å². The number of carbonyl (C=O) groups is 1. The molecule has 7 heteroatoms. The Bertz CT molecular complexity index is 848. The monoisotopic (exact) mass is 334 g/mol. The molecule has 3 rings (SSSR count). The first-order chi connectivity index (χ1) is 10.5. The van der Waals surface area contributed by atoms with E-state index in [-0.39, 0.29) is 17.2 Å². The van der Waals surface area contributed by atoms with Crippen molar-refractivity contribution in [1.82, 2.24) is 0 Å². The lowest BCUT2D eigenvalue weighted by Crippen LogP contribution is -2.13. The molecule has 0 saturated heterocycles. The lowest BCUT2D eigenvalue weighted by molar-refractivity contribution is -0.115. The van der Waals surface area contributed by atoms with Gasteiger partial charge in [-0.3, -0.25) is 9.52 Å². The van der Waals surface area contributed by atoms with Crippen LogP contribution in [-0.4, -0.2) is 20.6 Å². The summed E-state index contributed by atoms with van der Waals surface area (Å²) in [5, 5.41) is 2.68. The van der Waals surface area contributed by atoms with Crippen LogP contribution < -0.4 is 10.0 Å². The van der Waals surface area contributed by atoms with Crippen LogP contribution in [0.4, 0.5) is 11.4 Å². The minimum Gasteiger partial charge on any atom is -0.326 e. The second-order valence-corrected chi connectivity index (χ2v) is 7.44. The van der Waals surface area contributed by atoms with Crippen molar-refractivity contribution >= 4 is 39.1 Å². The molecule has 1 heterocycles. The van der Waals surface area contributed by atoms with E-state index in [1.165, 1.54) is 12.1 Å². The van der Waals surface area contributed by atoms with Crippen LogP contribution in [0.5, 0.6) is 0 Å². The highest BCUT2D eigenvalue weighted by Gasteiger charge is 2.21. The molecule has 0 radical (unpaired) electrons. The van der Waals surface area contributed by atoms with E-state index in [9.17, 15) is 13.2 Å². The van der Waals surface area contributed by atoms with E-state index in [4.69, 9.17) is 0 Å². The van der Waals surface area contributed by atoms with Crippen molar-refractivity contribution < 1.29 is 13.2 Å². The predicted octanol–water partition coefficient (Wildman–Crippen LogP) is 2.70. The van der Waals surface area contributed by atoms with Gasteiger partial charge in [-0.2, -0.15) is 0 Å².